The van der Waals surface area contributed by atoms with Crippen LogP contribution in [0.2, 0.25) is 5.02 Å². The predicted octanol–water partition coefficient (Wildman–Crippen LogP) is 2.92. The van der Waals surface area contributed by atoms with E-state index in [9.17, 15) is 4.79 Å². The first-order valence-corrected chi connectivity index (χ1v) is 9.26. The number of hydrogen-bond acceptors (Lipinski definition) is 4. The number of carbonyl (C=O) groups excluding carboxylic acids is 1. The lowest BCUT2D eigenvalue weighted by atomic mass is 9.89. The van der Waals surface area contributed by atoms with Crippen LogP contribution in [-0.2, 0) is 11.8 Å². The molecule has 0 aliphatic carbocycles. The molecule has 0 N–H and O–H groups in total. The van der Waals surface area contributed by atoms with Crippen molar-refractivity contribution in [3.8, 4) is 5.75 Å². The first kappa shape index (κ1) is 17.4. The average Bonchev–Trinajstić information content (AvgIpc) is 3.23. The summed E-state index contributed by atoms with van der Waals surface area (Å²) in [5, 5.41) is 0.601. The molecule has 138 valence electrons. The van der Waals surface area contributed by atoms with Crippen LogP contribution in [0.4, 0.5) is 0 Å². The number of ether oxygens (including phenoxy) is 2. The second-order valence-corrected chi connectivity index (χ2v) is 7.47. The van der Waals surface area contributed by atoms with Crippen molar-refractivity contribution in [3.63, 3.8) is 0 Å². The fourth-order valence-electron chi connectivity index (χ4n) is 3.87. The topological polar surface area (TPSA) is 56.6 Å². The highest BCUT2D eigenvalue weighted by Gasteiger charge is 2.45. The molecule has 0 unspecified atom stereocenters. The monoisotopic (exact) mass is 375 g/mol. The quantitative estimate of drug-likeness (QED) is 0.827. The lowest BCUT2D eigenvalue weighted by Crippen LogP contribution is -2.50. The van der Waals surface area contributed by atoms with Gasteiger partial charge in [0.2, 0.25) is 0 Å². The lowest BCUT2D eigenvalue weighted by molar-refractivity contribution is -0.0456. The van der Waals surface area contributed by atoms with Crippen LogP contribution in [0, 0.1) is 0 Å². The van der Waals surface area contributed by atoms with E-state index in [1.807, 2.05) is 36.2 Å². The number of aromatic nitrogens is 2. The molecule has 2 aliphatic heterocycles. The zero-order valence-corrected chi connectivity index (χ0v) is 15.5. The Labute approximate surface area is 157 Å². The molecule has 1 aromatic carbocycles. The molecular formula is C19H22ClN3O3. The van der Waals surface area contributed by atoms with E-state index in [0.717, 1.165) is 25.8 Å². The van der Waals surface area contributed by atoms with Gasteiger partial charge in [-0.1, -0.05) is 23.7 Å². The average molecular weight is 376 g/mol. The Morgan fingerprint density at radius 2 is 2.27 bits per heavy atom. The summed E-state index contributed by atoms with van der Waals surface area (Å²) in [7, 11) is 1.83. The molecular weight excluding hydrogens is 354 g/mol. The number of carbonyl (C=O) groups is 1. The summed E-state index contributed by atoms with van der Waals surface area (Å²) in [5.74, 6) is 1.09. The van der Waals surface area contributed by atoms with E-state index in [0.29, 0.717) is 29.7 Å². The van der Waals surface area contributed by atoms with Crippen LogP contribution in [-0.4, -0.2) is 51.8 Å². The molecule has 1 spiro atoms. The number of aryl methyl sites for hydroxylation is 1. The molecule has 26 heavy (non-hydrogen) atoms. The summed E-state index contributed by atoms with van der Waals surface area (Å²) >= 11 is 6.19. The number of piperidine rings is 1. The van der Waals surface area contributed by atoms with E-state index in [4.69, 9.17) is 21.1 Å². The summed E-state index contributed by atoms with van der Waals surface area (Å²) in [6.07, 6.45) is 5.97. The van der Waals surface area contributed by atoms with Gasteiger partial charge < -0.3 is 18.9 Å². The Bertz CT molecular complexity index is 809. The molecule has 3 heterocycles. The standard InChI is InChI=1S/C19H22ClN3O3/c1-22-10-8-21-17(22)18(24)23-9-4-7-19(13-23)11-14(12-25-19)26-16-6-3-2-5-15(16)20/h2-3,5-6,8,10,14H,4,7,9,11-13H2,1H3/t14-,19-/m1/s1. The number of rotatable bonds is 3. The minimum atomic E-state index is -0.342. The van der Waals surface area contributed by atoms with Gasteiger partial charge in [-0.2, -0.15) is 0 Å². The number of imidazole rings is 1. The molecule has 7 heteroatoms. The summed E-state index contributed by atoms with van der Waals surface area (Å²) < 4.78 is 13.9. The van der Waals surface area contributed by atoms with Gasteiger partial charge in [-0.05, 0) is 25.0 Å². The predicted molar refractivity (Wildman–Crippen MR) is 97.5 cm³/mol. The van der Waals surface area contributed by atoms with Crippen molar-refractivity contribution in [2.45, 2.75) is 31.0 Å². The Morgan fingerprint density at radius 3 is 3.04 bits per heavy atom. The number of likely N-dealkylation sites (tertiary alicyclic amines) is 1. The van der Waals surface area contributed by atoms with Crippen molar-refractivity contribution < 1.29 is 14.3 Å². The van der Waals surface area contributed by atoms with E-state index in [1.165, 1.54) is 0 Å². The molecule has 1 amide bonds. The second-order valence-electron chi connectivity index (χ2n) is 7.06. The van der Waals surface area contributed by atoms with Gasteiger partial charge in [0.1, 0.15) is 11.9 Å². The molecule has 2 aliphatic rings. The number of benzene rings is 1. The molecule has 2 aromatic rings. The third-order valence-electron chi connectivity index (χ3n) is 5.14. The van der Waals surface area contributed by atoms with Crippen molar-refractivity contribution in [1.29, 1.82) is 0 Å². The second kappa shape index (κ2) is 6.93. The highest BCUT2D eigenvalue weighted by molar-refractivity contribution is 6.32. The van der Waals surface area contributed by atoms with Gasteiger partial charge in [0.15, 0.2) is 5.82 Å². The van der Waals surface area contributed by atoms with Gasteiger partial charge >= 0.3 is 0 Å². The summed E-state index contributed by atoms with van der Waals surface area (Å²) in [6, 6.07) is 7.46. The summed E-state index contributed by atoms with van der Waals surface area (Å²) in [4.78, 5) is 18.8. The van der Waals surface area contributed by atoms with E-state index >= 15 is 0 Å². The Balaban J connectivity index is 1.43. The fraction of sp³-hybridized carbons (Fsp3) is 0.474. The maximum Gasteiger partial charge on any atom is 0.289 e. The smallest absolute Gasteiger partial charge is 0.289 e. The van der Waals surface area contributed by atoms with Crippen LogP contribution in [0.5, 0.6) is 5.75 Å². The maximum absolute atomic E-state index is 12.8. The van der Waals surface area contributed by atoms with Crippen LogP contribution in [0.25, 0.3) is 0 Å². The Kier molecular flexibility index (Phi) is 4.63. The number of para-hydroxylation sites is 1. The van der Waals surface area contributed by atoms with Gasteiger partial charge in [0.25, 0.3) is 5.91 Å². The molecule has 6 nitrogen and oxygen atoms in total. The lowest BCUT2D eigenvalue weighted by Gasteiger charge is -2.39. The third kappa shape index (κ3) is 3.31. The molecule has 0 bridgehead atoms. The van der Waals surface area contributed by atoms with Crippen molar-refractivity contribution in [1.82, 2.24) is 14.5 Å². The first-order valence-electron chi connectivity index (χ1n) is 8.88. The van der Waals surface area contributed by atoms with Crippen LogP contribution in [0.3, 0.4) is 0 Å². The van der Waals surface area contributed by atoms with Gasteiger partial charge in [0.05, 0.1) is 23.8 Å². The van der Waals surface area contributed by atoms with E-state index < -0.39 is 0 Å². The molecule has 1 aromatic heterocycles. The minimum Gasteiger partial charge on any atom is -0.486 e. The van der Waals surface area contributed by atoms with Crippen LogP contribution in [0.1, 0.15) is 29.9 Å². The molecule has 2 fully saturated rings. The highest BCUT2D eigenvalue weighted by Crippen LogP contribution is 2.37. The van der Waals surface area contributed by atoms with Crippen molar-refractivity contribution in [2.24, 2.45) is 7.05 Å². The largest absolute Gasteiger partial charge is 0.486 e. The maximum atomic E-state index is 12.8. The normalized spacial score (nSPS) is 25.6. The highest BCUT2D eigenvalue weighted by atomic mass is 35.5. The number of amides is 1. The van der Waals surface area contributed by atoms with Crippen LogP contribution < -0.4 is 4.74 Å². The van der Waals surface area contributed by atoms with Gasteiger partial charge in [-0.25, -0.2) is 4.98 Å². The first-order chi connectivity index (χ1) is 12.6. The number of nitrogens with zero attached hydrogens (tertiary/aromatic N) is 3. The number of hydrogen-bond donors (Lipinski definition) is 0. The molecule has 2 atom stereocenters. The van der Waals surface area contributed by atoms with Crippen molar-refractivity contribution >= 4 is 17.5 Å². The molecule has 4 rings (SSSR count). The Morgan fingerprint density at radius 1 is 1.42 bits per heavy atom. The molecule has 0 radical (unpaired) electrons. The SMILES string of the molecule is Cn1ccnc1C(=O)N1CCC[C@@]2(C[C@@H](Oc3ccccc3Cl)CO2)C1. The zero-order chi connectivity index (χ0) is 18.1. The fourth-order valence-corrected chi connectivity index (χ4v) is 4.05. The third-order valence-corrected chi connectivity index (χ3v) is 5.46. The summed E-state index contributed by atoms with van der Waals surface area (Å²) in [6.45, 7) is 1.81. The van der Waals surface area contributed by atoms with E-state index in [-0.39, 0.29) is 17.6 Å². The summed E-state index contributed by atoms with van der Waals surface area (Å²) in [5.41, 5.74) is -0.342. The zero-order valence-electron chi connectivity index (χ0n) is 14.7. The van der Waals surface area contributed by atoms with E-state index in [2.05, 4.69) is 4.98 Å². The van der Waals surface area contributed by atoms with Crippen molar-refractivity contribution in [2.75, 3.05) is 19.7 Å². The van der Waals surface area contributed by atoms with Gasteiger partial charge in [0, 0.05) is 32.4 Å². The van der Waals surface area contributed by atoms with E-state index in [1.54, 1.807) is 17.0 Å². The van der Waals surface area contributed by atoms with Gasteiger partial charge in [-0.3, -0.25) is 4.79 Å². The van der Waals surface area contributed by atoms with Crippen LogP contribution in [0.15, 0.2) is 36.7 Å². The minimum absolute atomic E-state index is 0.0457. The van der Waals surface area contributed by atoms with Gasteiger partial charge in [-0.15, -0.1) is 0 Å². The van der Waals surface area contributed by atoms with Crippen LogP contribution >= 0.6 is 11.6 Å². The molecule has 0 saturated carbocycles. The number of halogens is 1. The Hall–Kier alpha value is -2.05. The molecule has 2 saturated heterocycles. The van der Waals surface area contributed by atoms with Crippen molar-refractivity contribution in [3.05, 3.63) is 47.5 Å².